The molecular weight excluding hydrogens is 299 g/mol. The van der Waals surface area contributed by atoms with Crippen molar-refractivity contribution in [2.45, 2.75) is 26.2 Å². The lowest BCUT2D eigenvalue weighted by atomic mass is 10.0. The predicted molar refractivity (Wildman–Crippen MR) is 79.1 cm³/mol. The van der Waals surface area contributed by atoms with Gasteiger partial charge in [0.25, 0.3) is 0 Å². The molecule has 1 aromatic carbocycles. The van der Waals surface area contributed by atoms with Crippen LogP contribution < -0.4 is 10.6 Å². The minimum absolute atomic E-state index is 0.0517. The number of benzene rings is 1. The van der Waals surface area contributed by atoms with Crippen LogP contribution in [0.25, 0.3) is 0 Å². The number of carboxylic acid groups (broad SMARTS) is 1. The topological polar surface area (TPSA) is 78.4 Å². The average Bonchev–Trinajstić information content (AvgIpc) is 2.39. The maximum atomic E-state index is 13.5. The van der Waals surface area contributed by atoms with E-state index in [0.717, 1.165) is 6.07 Å². The molecule has 0 radical (unpaired) electrons. The summed E-state index contributed by atoms with van der Waals surface area (Å²) in [5.41, 5.74) is 0.0517. The minimum atomic E-state index is -0.828. The molecule has 1 unspecified atom stereocenters. The molecule has 116 valence electrons. The van der Waals surface area contributed by atoms with E-state index in [1.807, 2.05) is 6.92 Å². The van der Waals surface area contributed by atoms with Gasteiger partial charge in [0.2, 0.25) is 0 Å². The van der Waals surface area contributed by atoms with Gasteiger partial charge in [0.15, 0.2) is 0 Å². The molecule has 2 amide bonds. The van der Waals surface area contributed by atoms with Crippen molar-refractivity contribution in [2.75, 3.05) is 11.9 Å². The number of aliphatic carboxylic acids is 1. The van der Waals surface area contributed by atoms with Crippen LogP contribution in [-0.2, 0) is 4.79 Å². The maximum Gasteiger partial charge on any atom is 0.319 e. The third-order valence-electron chi connectivity index (χ3n) is 2.95. The third-order valence-corrected chi connectivity index (χ3v) is 3.19. The number of hydrogen-bond acceptors (Lipinski definition) is 2. The minimum Gasteiger partial charge on any atom is -0.481 e. The van der Waals surface area contributed by atoms with E-state index in [-0.39, 0.29) is 23.0 Å². The molecule has 1 aromatic rings. The van der Waals surface area contributed by atoms with Crippen LogP contribution in [0.3, 0.4) is 0 Å². The molecule has 0 aliphatic rings. The smallest absolute Gasteiger partial charge is 0.319 e. The van der Waals surface area contributed by atoms with Gasteiger partial charge in [0.1, 0.15) is 5.82 Å². The quantitative estimate of drug-likeness (QED) is 0.720. The fraction of sp³-hybridized carbons (Fsp3) is 0.429. The van der Waals surface area contributed by atoms with Gasteiger partial charge in [-0.3, -0.25) is 4.79 Å². The number of rotatable bonds is 7. The first-order valence-electron chi connectivity index (χ1n) is 6.60. The Kier molecular flexibility index (Phi) is 6.94. The molecule has 1 atom stereocenters. The zero-order chi connectivity index (χ0) is 15.8. The van der Waals surface area contributed by atoms with Gasteiger partial charge >= 0.3 is 12.0 Å². The van der Waals surface area contributed by atoms with Gasteiger partial charge in [-0.1, -0.05) is 18.5 Å². The van der Waals surface area contributed by atoms with Crippen molar-refractivity contribution in [2.24, 2.45) is 5.92 Å². The van der Waals surface area contributed by atoms with Crippen LogP contribution >= 0.6 is 11.6 Å². The van der Waals surface area contributed by atoms with Crippen molar-refractivity contribution in [3.05, 3.63) is 29.0 Å². The van der Waals surface area contributed by atoms with Crippen LogP contribution in [0.4, 0.5) is 14.9 Å². The largest absolute Gasteiger partial charge is 0.481 e. The lowest BCUT2D eigenvalue weighted by Gasteiger charge is -2.12. The number of carbonyl (C=O) groups is 2. The molecule has 0 fully saturated rings. The van der Waals surface area contributed by atoms with Gasteiger partial charge in [0.05, 0.1) is 5.69 Å². The number of carbonyl (C=O) groups excluding carboxylic acids is 1. The van der Waals surface area contributed by atoms with E-state index in [0.29, 0.717) is 19.4 Å². The first kappa shape index (κ1) is 17.2. The van der Waals surface area contributed by atoms with Crippen molar-refractivity contribution in [3.8, 4) is 0 Å². The first-order valence-corrected chi connectivity index (χ1v) is 6.98. The van der Waals surface area contributed by atoms with E-state index in [9.17, 15) is 14.0 Å². The molecule has 0 spiro atoms. The SMILES string of the molecule is CC(CCNC(=O)Nc1ccc(Cl)cc1F)CCC(=O)O. The Hall–Kier alpha value is -1.82. The van der Waals surface area contributed by atoms with Gasteiger partial charge < -0.3 is 15.7 Å². The Morgan fingerprint density at radius 2 is 2.10 bits per heavy atom. The second-order valence-corrected chi connectivity index (χ2v) is 5.27. The van der Waals surface area contributed by atoms with Crippen molar-refractivity contribution >= 4 is 29.3 Å². The van der Waals surface area contributed by atoms with E-state index in [2.05, 4.69) is 10.6 Å². The Bertz CT molecular complexity index is 511. The lowest BCUT2D eigenvalue weighted by Crippen LogP contribution is -2.30. The third kappa shape index (κ3) is 6.94. The molecule has 0 aromatic heterocycles. The van der Waals surface area contributed by atoms with Gasteiger partial charge in [-0.05, 0) is 37.0 Å². The zero-order valence-corrected chi connectivity index (χ0v) is 12.4. The fourth-order valence-corrected chi connectivity index (χ4v) is 1.86. The normalized spacial score (nSPS) is 11.8. The lowest BCUT2D eigenvalue weighted by molar-refractivity contribution is -0.137. The summed E-state index contributed by atoms with van der Waals surface area (Å²) in [5, 5.41) is 13.8. The van der Waals surface area contributed by atoms with Crippen LogP contribution in [0.1, 0.15) is 26.2 Å². The summed E-state index contributed by atoms with van der Waals surface area (Å²) in [6, 6.07) is 3.47. The van der Waals surface area contributed by atoms with Crippen LogP contribution in [0.15, 0.2) is 18.2 Å². The van der Waals surface area contributed by atoms with E-state index in [1.54, 1.807) is 0 Å². The summed E-state index contributed by atoms with van der Waals surface area (Å²) < 4.78 is 13.5. The monoisotopic (exact) mass is 316 g/mol. The summed E-state index contributed by atoms with van der Waals surface area (Å²) in [6.45, 7) is 2.31. The highest BCUT2D eigenvalue weighted by molar-refractivity contribution is 6.30. The highest BCUT2D eigenvalue weighted by Crippen LogP contribution is 2.18. The number of urea groups is 1. The molecule has 0 bridgehead atoms. The van der Waals surface area contributed by atoms with Gasteiger partial charge in [0, 0.05) is 18.0 Å². The van der Waals surface area contributed by atoms with Crippen molar-refractivity contribution in [1.29, 1.82) is 0 Å². The van der Waals surface area contributed by atoms with E-state index in [1.165, 1.54) is 12.1 Å². The first-order chi connectivity index (χ1) is 9.88. The molecule has 21 heavy (non-hydrogen) atoms. The number of hydrogen-bond donors (Lipinski definition) is 3. The number of halogens is 2. The summed E-state index contributed by atoms with van der Waals surface area (Å²) in [7, 11) is 0. The van der Waals surface area contributed by atoms with Crippen molar-refractivity contribution in [1.82, 2.24) is 5.32 Å². The molecule has 0 aliphatic heterocycles. The molecular formula is C14H18ClFN2O3. The Balaban J connectivity index is 2.29. The Labute approximate surface area is 127 Å². The second kappa shape index (κ2) is 8.46. The molecule has 3 N–H and O–H groups in total. The molecule has 0 saturated heterocycles. The van der Waals surface area contributed by atoms with Crippen molar-refractivity contribution < 1.29 is 19.1 Å². The van der Waals surface area contributed by atoms with E-state index < -0.39 is 17.8 Å². The Morgan fingerprint density at radius 1 is 1.38 bits per heavy atom. The summed E-state index contributed by atoms with van der Waals surface area (Å²) >= 11 is 5.61. The summed E-state index contributed by atoms with van der Waals surface area (Å²) in [5.74, 6) is -1.24. The van der Waals surface area contributed by atoms with Crippen molar-refractivity contribution in [3.63, 3.8) is 0 Å². The zero-order valence-electron chi connectivity index (χ0n) is 11.7. The molecule has 1 rings (SSSR count). The Morgan fingerprint density at radius 3 is 2.71 bits per heavy atom. The van der Waals surface area contributed by atoms with Gasteiger partial charge in [-0.15, -0.1) is 0 Å². The number of nitrogens with one attached hydrogen (secondary N) is 2. The highest BCUT2D eigenvalue weighted by atomic mass is 35.5. The van der Waals surface area contributed by atoms with Crippen LogP contribution in [0, 0.1) is 11.7 Å². The number of anilines is 1. The molecule has 0 aliphatic carbocycles. The van der Waals surface area contributed by atoms with Crippen LogP contribution in [0.5, 0.6) is 0 Å². The number of amides is 2. The summed E-state index contributed by atoms with van der Waals surface area (Å²) in [6.07, 6.45) is 1.33. The average molecular weight is 317 g/mol. The van der Waals surface area contributed by atoms with E-state index >= 15 is 0 Å². The summed E-state index contributed by atoms with van der Waals surface area (Å²) in [4.78, 5) is 22.0. The second-order valence-electron chi connectivity index (χ2n) is 4.83. The molecule has 0 saturated carbocycles. The van der Waals surface area contributed by atoms with E-state index in [4.69, 9.17) is 16.7 Å². The fourth-order valence-electron chi connectivity index (χ4n) is 1.70. The predicted octanol–water partition coefficient (Wildman–Crippen LogP) is 3.49. The highest BCUT2D eigenvalue weighted by Gasteiger charge is 2.09. The van der Waals surface area contributed by atoms with Gasteiger partial charge in [-0.25, -0.2) is 9.18 Å². The van der Waals surface area contributed by atoms with Crippen LogP contribution in [-0.4, -0.2) is 23.7 Å². The standard InChI is InChI=1S/C14H18ClFN2O3/c1-9(2-5-13(19)20)6-7-17-14(21)18-12-4-3-10(15)8-11(12)16/h3-4,8-9H,2,5-7H2,1H3,(H,19,20)(H2,17,18,21). The molecule has 0 heterocycles. The molecule has 5 nitrogen and oxygen atoms in total. The number of carboxylic acids is 1. The molecule has 7 heteroatoms. The van der Waals surface area contributed by atoms with Crippen LogP contribution in [0.2, 0.25) is 5.02 Å². The van der Waals surface area contributed by atoms with Gasteiger partial charge in [-0.2, -0.15) is 0 Å². The maximum absolute atomic E-state index is 13.5.